The molecule has 0 heterocycles. The summed E-state index contributed by atoms with van der Waals surface area (Å²) in [6, 6.07) is 7.58. The molecule has 1 aromatic rings. The fraction of sp³-hybridized carbons (Fsp3) is 0.364. The zero-order valence-corrected chi connectivity index (χ0v) is 8.86. The Labute approximate surface area is 88.9 Å². The van der Waals surface area contributed by atoms with E-state index in [4.69, 9.17) is 9.84 Å². The highest BCUT2D eigenvalue weighted by Crippen LogP contribution is 2.16. The Morgan fingerprint density at radius 1 is 1.40 bits per heavy atom. The number of benzene rings is 1. The van der Waals surface area contributed by atoms with Crippen LogP contribution in [-0.2, 0) is 4.79 Å². The number of carboxylic acid groups (broad SMARTS) is 1. The summed E-state index contributed by atoms with van der Waals surface area (Å²) in [6.07, 6.45) is 0. The lowest BCUT2D eigenvalue weighted by atomic mass is 10.2. The summed E-state index contributed by atoms with van der Waals surface area (Å²) in [4.78, 5) is 10.2. The van der Waals surface area contributed by atoms with E-state index in [2.05, 4.69) is 19.2 Å². The molecule has 0 atom stereocenters. The predicted molar refractivity (Wildman–Crippen MR) is 58.3 cm³/mol. The van der Waals surface area contributed by atoms with Gasteiger partial charge in [0, 0.05) is 11.7 Å². The molecule has 0 aliphatic carbocycles. The standard InChI is InChI=1S/C11H15NO3/c1-8(2)12-9-3-5-10(6-4-9)15-7-11(13)14/h3-6,8,12H,7H2,1-2H3,(H,13,14). The molecular formula is C11H15NO3. The number of anilines is 1. The molecule has 0 saturated carbocycles. The van der Waals surface area contributed by atoms with Crippen LogP contribution < -0.4 is 10.1 Å². The molecule has 1 aromatic carbocycles. The summed E-state index contributed by atoms with van der Waals surface area (Å²) in [5.41, 5.74) is 0.993. The van der Waals surface area contributed by atoms with Gasteiger partial charge in [-0.1, -0.05) is 0 Å². The number of carbonyl (C=O) groups is 1. The highest BCUT2D eigenvalue weighted by Gasteiger charge is 1.99. The van der Waals surface area contributed by atoms with Crippen LogP contribution in [0.1, 0.15) is 13.8 Å². The third-order valence-corrected chi connectivity index (χ3v) is 1.67. The summed E-state index contributed by atoms with van der Waals surface area (Å²) >= 11 is 0. The number of rotatable bonds is 5. The van der Waals surface area contributed by atoms with Gasteiger partial charge in [0.15, 0.2) is 6.61 Å². The van der Waals surface area contributed by atoms with E-state index in [-0.39, 0.29) is 6.61 Å². The third kappa shape index (κ3) is 4.35. The van der Waals surface area contributed by atoms with Crippen molar-refractivity contribution in [3.05, 3.63) is 24.3 Å². The Bertz CT molecular complexity index is 319. The second-order valence-electron chi connectivity index (χ2n) is 3.51. The molecule has 0 radical (unpaired) electrons. The fourth-order valence-electron chi connectivity index (χ4n) is 1.13. The van der Waals surface area contributed by atoms with E-state index in [1.54, 1.807) is 12.1 Å². The van der Waals surface area contributed by atoms with Crippen LogP contribution >= 0.6 is 0 Å². The number of hydrogen-bond acceptors (Lipinski definition) is 3. The molecule has 2 N–H and O–H groups in total. The van der Waals surface area contributed by atoms with Crippen LogP contribution in [0.2, 0.25) is 0 Å². The quantitative estimate of drug-likeness (QED) is 0.778. The minimum absolute atomic E-state index is 0.309. The van der Waals surface area contributed by atoms with E-state index in [9.17, 15) is 4.79 Å². The molecule has 4 nitrogen and oxygen atoms in total. The molecule has 0 aliphatic heterocycles. The Morgan fingerprint density at radius 3 is 2.47 bits per heavy atom. The van der Waals surface area contributed by atoms with Crippen LogP contribution in [0.5, 0.6) is 5.75 Å². The lowest BCUT2D eigenvalue weighted by Gasteiger charge is -2.10. The van der Waals surface area contributed by atoms with Gasteiger partial charge in [0.25, 0.3) is 0 Å². The highest BCUT2D eigenvalue weighted by atomic mass is 16.5. The van der Waals surface area contributed by atoms with E-state index in [0.29, 0.717) is 11.8 Å². The van der Waals surface area contributed by atoms with Gasteiger partial charge >= 0.3 is 5.97 Å². The first-order valence-electron chi connectivity index (χ1n) is 4.79. The first-order chi connectivity index (χ1) is 7.08. The second kappa shape index (κ2) is 5.24. The van der Waals surface area contributed by atoms with Gasteiger partial charge in [0.1, 0.15) is 5.75 Å². The van der Waals surface area contributed by atoms with Crippen LogP contribution in [0.4, 0.5) is 5.69 Å². The van der Waals surface area contributed by atoms with Crippen molar-refractivity contribution < 1.29 is 14.6 Å². The zero-order chi connectivity index (χ0) is 11.3. The molecule has 0 unspecified atom stereocenters. The number of hydrogen-bond donors (Lipinski definition) is 2. The largest absolute Gasteiger partial charge is 0.482 e. The van der Waals surface area contributed by atoms with Crippen molar-refractivity contribution >= 4 is 11.7 Å². The van der Waals surface area contributed by atoms with Crippen LogP contribution in [-0.4, -0.2) is 23.7 Å². The van der Waals surface area contributed by atoms with Crippen molar-refractivity contribution in [1.82, 2.24) is 0 Å². The summed E-state index contributed by atoms with van der Waals surface area (Å²) in [6.45, 7) is 3.79. The zero-order valence-electron chi connectivity index (χ0n) is 8.86. The number of aliphatic carboxylic acids is 1. The van der Waals surface area contributed by atoms with Crippen molar-refractivity contribution in [2.45, 2.75) is 19.9 Å². The third-order valence-electron chi connectivity index (χ3n) is 1.67. The molecule has 4 heteroatoms. The van der Waals surface area contributed by atoms with E-state index in [1.165, 1.54) is 0 Å². The summed E-state index contributed by atoms with van der Waals surface area (Å²) in [5.74, 6) is -0.411. The van der Waals surface area contributed by atoms with E-state index < -0.39 is 5.97 Å². The van der Waals surface area contributed by atoms with Gasteiger partial charge in [-0.15, -0.1) is 0 Å². The van der Waals surface area contributed by atoms with E-state index in [1.807, 2.05) is 12.1 Å². The van der Waals surface area contributed by atoms with Crippen LogP contribution in [0.3, 0.4) is 0 Å². The van der Waals surface area contributed by atoms with Crippen molar-refractivity contribution in [2.24, 2.45) is 0 Å². The topological polar surface area (TPSA) is 58.6 Å². The smallest absolute Gasteiger partial charge is 0.341 e. The first-order valence-corrected chi connectivity index (χ1v) is 4.79. The van der Waals surface area contributed by atoms with Crippen molar-refractivity contribution in [2.75, 3.05) is 11.9 Å². The normalized spacial score (nSPS) is 10.1. The minimum atomic E-state index is -0.973. The molecule has 15 heavy (non-hydrogen) atoms. The van der Waals surface area contributed by atoms with Crippen LogP contribution in [0, 0.1) is 0 Å². The molecule has 0 fully saturated rings. The Hall–Kier alpha value is -1.71. The maximum absolute atomic E-state index is 10.2. The minimum Gasteiger partial charge on any atom is -0.482 e. The number of carboxylic acids is 1. The molecule has 82 valence electrons. The maximum atomic E-state index is 10.2. The summed E-state index contributed by atoms with van der Waals surface area (Å²) in [7, 11) is 0. The average Bonchev–Trinajstić information content (AvgIpc) is 2.16. The predicted octanol–water partition coefficient (Wildman–Crippen LogP) is 1.97. The first kappa shape index (κ1) is 11.4. The van der Waals surface area contributed by atoms with Gasteiger partial charge in [-0.2, -0.15) is 0 Å². The molecular weight excluding hydrogens is 194 g/mol. The van der Waals surface area contributed by atoms with Crippen molar-refractivity contribution in [1.29, 1.82) is 0 Å². The van der Waals surface area contributed by atoms with Crippen molar-refractivity contribution in [3.8, 4) is 5.75 Å². The van der Waals surface area contributed by atoms with Gasteiger partial charge in [0.05, 0.1) is 0 Å². The summed E-state index contributed by atoms with van der Waals surface area (Å²) in [5, 5.41) is 11.6. The lowest BCUT2D eigenvalue weighted by Crippen LogP contribution is -2.10. The van der Waals surface area contributed by atoms with Gasteiger partial charge in [-0.3, -0.25) is 0 Å². The van der Waals surface area contributed by atoms with Gasteiger partial charge in [-0.25, -0.2) is 4.79 Å². The lowest BCUT2D eigenvalue weighted by molar-refractivity contribution is -0.139. The Balaban J connectivity index is 2.52. The molecule has 0 aliphatic rings. The van der Waals surface area contributed by atoms with Gasteiger partial charge in [-0.05, 0) is 38.1 Å². The Morgan fingerprint density at radius 2 is 2.00 bits per heavy atom. The van der Waals surface area contributed by atoms with Crippen LogP contribution in [0.25, 0.3) is 0 Å². The van der Waals surface area contributed by atoms with Crippen LogP contribution in [0.15, 0.2) is 24.3 Å². The number of ether oxygens (including phenoxy) is 1. The monoisotopic (exact) mass is 209 g/mol. The number of nitrogens with one attached hydrogen (secondary N) is 1. The van der Waals surface area contributed by atoms with E-state index in [0.717, 1.165) is 5.69 Å². The summed E-state index contributed by atoms with van der Waals surface area (Å²) < 4.78 is 5.00. The second-order valence-corrected chi connectivity index (χ2v) is 3.51. The average molecular weight is 209 g/mol. The SMILES string of the molecule is CC(C)Nc1ccc(OCC(=O)O)cc1. The molecule has 0 aromatic heterocycles. The molecule has 0 bridgehead atoms. The van der Waals surface area contributed by atoms with Gasteiger partial charge < -0.3 is 15.2 Å². The van der Waals surface area contributed by atoms with E-state index >= 15 is 0 Å². The molecule has 1 rings (SSSR count). The molecule has 0 spiro atoms. The van der Waals surface area contributed by atoms with Gasteiger partial charge in [0.2, 0.25) is 0 Å². The molecule has 0 amide bonds. The maximum Gasteiger partial charge on any atom is 0.341 e. The van der Waals surface area contributed by atoms with Crippen molar-refractivity contribution in [3.63, 3.8) is 0 Å². The fourth-order valence-corrected chi connectivity index (χ4v) is 1.13. The highest BCUT2D eigenvalue weighted by molar-refractivity contribution is 5.68. The Kier molecular flexibility index (Phi) is 3.97. The molecule has 0 saturated heterocycles.